The average molecular weight is 762 g/mol. The predicted octanol–water partition coefficient (Wildman–Crippen LogP) is 5.47. The number of carbonyl (C=O) groups excluding carboxylic acids is 2. The number of nitrogens with zero attached hydrogens (tertiary/aromatic N) is 5. The van der Waals surface area contributed by atoms with E-state index in [0.29, 0.717) is 12.3 Å². The summed E-state index contributed by atoms with van der Waals surface area (Å²) in [5.41, 5.74) is 15.7. The molecule has 3 aliphatic rings. The number of rotatable bonds is 8. The molecular formula is C36H48F5N11O2. The van der Waals surface area contributed by atoms with Crippen molar-refractivity contribution >= 4 is 29.4 Å². The first kappa shape index (κ1) is 46.4. The van der Waals surface area contributed by atoms with Crippen LogP contribution in [0.3, 0.4) is 0 Å². The quantitative estimate of drug-likeness (QED) is 0.0493. The lowest BCUT2D eigenvalue weighted by Crippen LogP contribution is -2.50. The second-order valence-electron chi connectivity index (χ2n) is 12.0. The molecule has 18 heteroatoms. The summed E-state index contributed by atoms with van der Waals surface area (Å²) >= 11 is 0. The monoisotopic (exact) mass is 761 g/mol. The minimum atomic E-state index is -4.38. The second kappa shape index (κ2) is 24.6. The molecule has 2 aromatic heterocycles. The Hall–Kier alpha value is -5.62. The van der Waals surface area contributed by atoms with Gasteiger partial charge in [0.25, 0.3) is 12.3 Å². The molecule has 1 amide bonds. The van der Waals surface area contributed by atoms with Gasteiger partial charge in [0, 0.05) is 31.1 Å². The number of carbonyl (C=O) groups is 2. The number of nitrogens with two attached hydrogens (primary N) is 3. The number of aldehydes is 1. The molecule has 294 valence electrons. The van der Waals surface area contributed by atoms with Crippen molar-refractivity contribution in [2.75, 3.05) is 12.8 Å². The number of hydrogen-bond acceptors (Lipinski definition) is 11. The molecule has 9 N–H and O–H groups in total. The van der Waals surface area contributed by atoms with E-state index in [1.54, 1.807) is 0 Å². The molecule has 0 bridgehead atoms. The fourth-order valence-electron chi connectivity index (χ4n) is 5.36. The number of anilines is 1. The highest BCUT2D eigenvalue weighted by atomic mass is 19.4. The Kier molecular flexibility index (Phi) is 21.1. The second-order valence-corrected chi connectivity index (χ2v) is 12.0. The highest BCUT2D eigenvalue weighted by Gasteiger charge is 2.32. The topological polar surface area (TPSA) is 234 Å². The van der Waals surface area contributed by atoms with Crippen molar-refractivity contribution in [3.63, 3.8) is 0 Å². The Bertz CT molecular complexity index is 1580. The number of nitriles is 2. The number of aromatic nitrogens is 2. The fraction of sp³-hybridized carbons (Fsp3) is 0.472. The van der Waals surface area contributed by atoms with Gasteiger partial charge in [-0.3, -0.25) is 14.6 Å². The molecule has 54 heavy (non-hydrogen) atoms. The third-order valence-corrected chi connectivity index (χ3v) is 8.28. The van der Waals surface area contributed by atoms with Gasteiger partial charge in [-0.1, -0.05) is 32.1 Å². The zero-order valence-corrected chi connectivity index (χ0v) is 30.2. The molecule has 3 fully saturated rings. The Balaban J connectivity index is 0.000000423. The largest absolute Gasteiger partial charge is 0.433 e. The molecule has 0 aromatic carbocycles. The maximum atomic E-state index is 12.5. The number of β-lactam (4-membered cyclic amide) rings is 1. The van der Waals surface area contributed by atoms with E-state index < -0.39 is 18.3 Å². The van der Waals surface area contributed by atoms with Gasteiger partial charge in [0.2, 0.25) is 0 Å². The van der Waals surface area contributed by atoms with Crippen molar-refractivity contribution in [2.45, 2.75) is 95.4 Å². The van der Waals surface area contributed by atoms with E-state index in [-0.39, 0.29) is 52.4 Å². The number of halogens is 5. The van der Waals surface area contributed by atoms with E-state index in [9.17, 15) is 31.5 Å². The molecule has 2 aliphatic carbocycles. The summed E-state index contributed by atoms with van der Waals surface area (Å²) in [6, 6.07) is 7.57. The van der Waals surface area contributed by atoms with Crippen molar-refractivity contribution in [3.8, 4) is 12.6 Å². The molecule has 5 rings (SSSR count). The highest BCUT2D eigenvalue weighted by molar-refractivity contribution is 6.13. The molecule has 2 aromatic rings. The standard InChI is InChI=1S/C17H19F2N5O.C11H18N2O.C6H5F3N2.CH5N.CHN/c18-16(19)15-6-5-13(9-23-15)24-17(21)12(10-25)8-22-14-4-2-1-3-11(14)7-20;1-8-10(11(14)13-8)7-12-9-5-3-2-4-6-9;7-6(8,9)5-2-1-4(10)3-11-5;2*1-2/h5-6,8-11,14,16,22H,1-4H2,(H2,21,24);7-9,12H,2-6H2,1H3,(H,13,14);1-3H,10H2;2H2,1H3;1H/b12-8-;10-7+;;;. The van der Waals surface area contributed by atoms with Gasteiger partial charge in [-0.25, -0.2) is 24.0 Å². The van der Waals surface area contributed by atoms with Crippen LogP contribution in [0.15, 0.2) is 65.2 Å². The Morgan fingerprint density at radius 1 is 1.02 bits per heavy atom. The first-order valence-electron chi connectivity index (χ1n) is 17.1. The molecule has 1 aliphatic heterocycles. The van der Waals surface area contributed by atoms with Crippen molar-refractivity contribution in [1.82, 2.24) is 25.9 Å². The summed E-state index contributed by atoms with van der Waals surface area (Å²) in [6.45, 7) is 5.51. The zero-order chi connectivity index (χ0) is 40.7. The van der Waals surface area contributed by atoms with E-state index in [0.717, 1.165) is 61.8 Å². The Morgan fingerprint density at radius 3 is 2.17 bits per heavy atom. The lowest BCUT2D eigenvalue weighted by molar-refractivity contribution is -0.141. The molecule has 13 nitrogen and oxygen atoms in total. The summed E-state index contributed by atoms with van der Waals surface area (Å²) in [5.74, 6) is -0.0821. The van der Waals surface area contributed by atoms with Crippen LogP contribution >= 0.6 is 0 Å². The summed E-state index contributed by atoms with van der Waals surface area (Å²) in [7, 11) is 1.50. The van der Waals surface area contributed by atoms with Gasteiger partial charge >= 0.3 is 6.18 Å². The predicted molar refractivity (Wildman–Crippen MR) is 195 cm³/mol. The van der Waals surface area contributed by atoms with E-state index in [4.69, 9.17) is 22.0 Å². The third-order valence-electron chi connectivity index (χ3n) is 8.28. The van der Waals surface area contributed by atoms with Crippen molar-refractivity contribution < 1.29 is 31.5 Å². The fourth-order valence-corrected chi connectivity index (χ4v) is 5.36. The van der Waals surface area contributed by atoms with Crippen molar-refractivity contribution in [3.05, 3.63) is 71.6 Å². The van der Waals surface area contributed by atoms with Crippen LogP contribution in [0.5, 0.6) is 0 Å². The summed E-state index contributed by atoms with van der Waals surface area (Å²) in [4.78, 5) is 33.0. The van der Waals surface area contributed by atoms with Crippen LogP contribution < -0.4 is 33.2 Å². The van der Waals surface area contributed by atoms with E-state index >= 15 is 0 Å². The smallest absolute Gasteiger partial charge is 0.397 e. The summed E-state index contributed by atoms with van der Waals surface area (Å²) < 4.78 is 60.4. The zero-order valence-electron chi connectivity index (χ0n) is 30.2. The summed E-state index contributed by atoms with van der Waals surface area (Å²) in [5, 5.41) is 24.9. The lowest BCUT2D eigenvalue weighted by atomic mass is 9.85. The van der Waals surface area contributed by atoms with Crippen molar-refractivity contribution in [1.29, 1.82) is 10.5 Å². The first-order valence-corrected chi connectivity index (χ1v) is 17.1. The molecule has 2 saturated carbocycles. The lowest BCUT2D eigenvalue weighted by Gasteiger charge is -2.29. The van der Waals surface area contributed by atoms with Crippen molar-refractivity contribution in [2.24, 2.45) is 22.4 Å². The first-order chi connectivity index (χ1) is 25.8. The Labute approximate surface area is 312 Å². The van der Waals surface area contributed by atoms with Gasteiger partial charge in [-0.2, -0.15) is 18.4 Å². The van der Waals surface area contributed by atoms with E-state index in [2.05, 4.69) is 49.3 Å². The SMILES string of the molecule is C#N.CC1NC(=O)/C1=C/NC1CCCCC1.CN.N#CC1CCCCC1N/C=C(/C=O)C(N)=Nc1ccc(C(F)F)nc1.Nc1ccc(C(F)(F)F)nc1. The van der Waals surface area contributed by atoms with Crippen LogP contribution in [0.2, 0.25) is 0 Å². The van der Waals surface area contributed by atoms with Crippen LogP contribution in [0.4, 0.5) is 33.3 Å². The Morgan fingerprint density at radius 2 is 1.67 bits per heavy atom. The van der Waals surface area contributed by atoms with Crippen LogP contribution in [-0.2, 0) is 15.8 Å². The average Bonchev–Trinajstić information content (AvgIpc) is 3.18. The number of nitrogen functional groups attached to an aromatic ring is 1. The normalized spacial score (nSPS) is 20.6. The number of hydrogen-bond donors (Lipinski definition) is 6. The van der Waals surface area contributed by atoms with Gasteiger partial charge in [-0.15, -0.1) is 0 Å². The molecule has 0 spiro atoms. The van der Waals surface area contributed by atoms with Crippen LogP contribution in [0.1, 0.15) is 82.5 Å². The van der Waals surface area contributed by atoms with Gasteiger partial charge in [0.15, 0.2) is 6.29 Å². The van der Waals surface area contributed by atoms with Crippen LogP contribution in [0, 0.1) is 29.1 Å². The maximum Gasteiger partial charge on any atom is 0.433 e. The minimum Gasteiger partial charge on any atom is -0.397 e. The third kappa shape index (κ3) is 16.0. The van der Waals surface area contributed by atoms with Crippen LogP contribution in [-0.4, -0.2) is 53.2 Å². The van der Waals surface area contributed by atoms with E-state index in [1.807, 2.05) is 13.1 Å². The number of pyridine rings is 2. The molecule has 0 radical (unpaired) electrons. The maximum absolute atomic E-state index is 12.5. The molecule has 3 atom stereocenters. The number of nitrogens with one attached hydrogen (secondary N) is 3. The molecule has 3 heterocycles. The number of amides is 1. The van der Waals surface area contributed by atoms with Gasteiger partial charge in [0.05, 0.1) is 52.9 Å². The molecule has 1 saturated heterocycles. The number of amidine groups is 1. The van der Waals surface area contributed by atoms with Gasteiger partial charge < -0.3 is 33.2 Å². The van der Waals surface area contributed by atoms with Gasteiger partial charge in [-0.05, 0) is 63.9 Å². The van der Waals surface area contributed by atoms with Gasteiger partial charge in [0.1, 0.15) is 17.2 Å². The molecular weight excluding hydrogens is 713 g/mol. The van der Waals surface area contributed by atoms with Crippen LogP contribution in [0.25, 0.3) is 0 Å². The molecule has 3 unspecified atom stereocenters. The summed E-state index contributed by atoms with van der Waals surface area (Å²) in [6.07, 6.45) is 9.24. The number of aliphatic imine (C=N–C) groups is 1. The minimum absolute atomic E-state index is 0.0338. The van der Waals surface area contributed by atoms with E-state index in [1.165, 1.54) is 51.4 Å². The number of alkyl halides is 5. The highest BCUT2D eigenvalue weighted by Crippen LogP contribution is 2.27.